The summed E-state index contributed by atoms with van der Waals surface area (Å²) >= 11 is 4.65. The molecular weight excluding hydrogens is 355 g/mol. The maximum atomic E-state index is 5.91. The number of hydrogen-bond donors (Lipinski definition) is 0. The molecule has 0 N–H and O–H groups in total. The Hall–Kier alpha value is -1.07. The van der Waals surface area contributed by atoms with Crippen molar-refractivity contribution in [2.24, 2.45) is 0 Å². The van der Waals surface area contributed by atoms with E-state index in [9.17, 15) is 0 Å². The molecular formula is C15H15O3PS3. The summed E-state index contributed by atoms with van der Waals surface area (Å²) in [5.74, 6) is 0. The van der Waals surface area contributed by atoms with Crippen molar-refractivity contribution in [2.75, 3.05) is 0 Å². The average molecular weight is 370 g/mol. The van der Waals surface area contributed by atoms with Crippen LogP contribution in [-0.2, 0) is 0 Å². The van der Waals surface area contributed by atoms with Crippen molar-refractivity contribution < 1.29 is 13.6 Å². The Morgan fingerprint density at radius 2 is 0.955 bits per heavy atom. The Bertz CT molecular complexity index is 646. The quantitative estimate of drug-likeness (QED) is 0.460. The van der Waals surface area contributed by atoms with Crippen LogP contribution in [0.4, 0.5) is 0 Å². The normalized spacial score (nSPS) is 10.9. The lowest BCUT2D eigenvalue weighted by Crippen LogP contribution is -1.99. The van der Waals surface area contributed by atoms with Crippen molar-refractivity contribution in [3.8, 4) is 15.2 Å². The van der Waals surface area contributed by atoms with Gasteiger partial charge < -0.3 is 13.6 Å². The molecule has 0 unspecified atom stereocenters. The molecule has 0 amide bonds. The summed E-state index contributed by atoms with van der Waals surface area (Å²) < 4.78 is 17.7. The van der Waals surface area contributed by atoms with Crippen LogP contribution in [0.3, 0.4) is 0 Å². The highest BCUT2D eigenvalue weighted by atomic mass is 32.1. The van der Waals surface area contributed by atoms with E-state index in [1.54, 1.807) is 34.0 Å². The zero-order valence-electron chi connectivity index (χ0n) is 12.4. The van der Waals surface area contributed by atoms with Crippen LogP contribution in [0.5, 0.6) is 15.2 Å². The van der Waals surface area contributed by atoms with Gasteiger partial charge in [-0.2, -0.15) is 0 Å². The third-order valence-electron chi connectivity index (χ3n) is 2.61. The first kappa shape index (κ1) is 15.8. The molecule has 0 aliphatic rings. The standard InChI is InChI=1S/C15H15O3PS3/c1-10-4-13(20-7-10)16-19(17-14-5-11(2)8-21-14)18-15-6-12(3)9-22-15/h4-9H,1-3H3. The molecule has 3 aromatic rings. The molecule has 0 fully saturated rings. The number of rotatable bonds is 6. The monoisotopic (exact) mass is 370 g/mol. The Kier molecular flexibility index (Phi) is 5.03. The second-order valence-electron chi connectivity index (χ2n) is 4.83. The summed E-state index contributed by atoms with van der Waals surface area (Å²) in [6.45, 7) is 6.12. The van der Waals surface area contributed by atoms with Crippen LogP contribution in [0.15, 0.2) is 34.3 Å². The molecule has 0 atom stereocenters. The van der Waals surface area contributed by atoms with Gasteiger partial charge in [0.1, 0.15) is 0 Å². The van der Waals surface area contributed by atoms with Gasteiger partial charge in [-0.25, -0.2) is 0 Å². The molecule has 7 heteroatoms. The number of hydrogen-bond acceptors (Lipinski definition) is 6. The van der Waals surface area contributed by atoms with Gasteiger partial charge in [0, 0.05) is 0 Å². The van der Waals surface area contributed by atoms with E-state index in [2.05, 4.69) is 0 Å². The van der Waals surface area contributed by atoms with Gasteiger partial charge in [-0.15, -0.1) is 34.0 Å². The fourth-order valence-corrected chi connectivity index (χ4v) is 5.28. The molecule has 0 aliphatic carbocycles. The molecule has 3 aromatic heterocycles. The molecule has 0 saturated heterocycles. The van der Waals surface area contributed by atoms with Crippen LogP contribution in [0.2, 0.25) is 0 Å². The largest absolute Gasteiger partial charge is 0.532 e. The number of aryl methyl sites for hydroxylation is 3. The lowest BCUT2D eigenvalue weighted by Gasteiger charge is -2.14. The van der Waals surface area contributed by atoms with Gasteiger partial charge in [-0.05, 0) is 71.8 Å². The topological polar surface area (TPSA) is 27.7 Å². The smallest absolute Gasteiger partial charge is 0.398 e. The van der Waals surface area contributed by atoms with E-state index in [1.807, 2.05) is 55.1 Å². The first-order chi connectivity index (χ1) is 10.6. The highest BCUT2D eigenvalue weighted by molar-refractivity contribution is 7.44. The first-order valence-corrected chi connectivity index (χ1v) is 10.3. The summed E-state index contributed by atoms with van der Waals surface area (Å²) in [6.07, 6.45) is 0. The summed E-state index contributed by atoms with van der Waals surface area (Å²) in [5, 5.41) is 8.58. The van der Waals surface area contributed by atoms with Gasteiger partial charge in [0.15, 0.2) is 15.2 Å². The SMILES string of the molecule is Cc1csc(OP(Oc2cc(C)cs2)Oc2cc(C)cs2)c1. The highest BCUT2D eigenvalue weighted by Gasteiger charge is 2.22. The molecule has 0 bridgehead atoms. The lowest BCUT2D eigenvalue weighted by atomic mass is 10.4. The van der Waals surface area contributed by atoms with E-state index in [4.69, 9.17) is 13.6 Å². The van der Waals surface area contributed by atoms with Gasteiger partial charge in [0.25, 0.3) is 0 Å². The van der Waals surface area contributed by atoms with Crippen LogP contribution in [0, 0.1) is 20.8 Å². The summed E-state index contributed by atoms with van der Waals surface area (Å²) in [4.78, 5) is 0. The van der Waals surface area contributed by atoms with Crippen LogP contribution in [-0.4, -0.2) is 0 Å². The fourth-order valence-electron chi connectivity index (χ4n) is 1.63. The van der Waals surface area contributed by atoms with Crippen molar-refractivity contribution in [1.29, 1.82) is 0 Å². The second-order valence-corrected chi connectivity index (χ2v) is 8.44. The van der Waals surface area contributed by atoms with Crippen molar-refractivity contribution >= 4 is 42.6 Å². The van der Waals surface area contributed by atoms with E-state index in [-0.39, 0.29) is 0 Å². The maximum Gasteiger partial charge on any atom is 0.532 e. The Labute approximate surface area is 143 Å². The third-order valence-corrected chi connectivity index (χ3v) is 6.79. The zero-order chi connectivity index (χ0) is 15.5. The first-order valence-electron chi connectivity index (χ1n) is 6.58. The van der Waals surface area contributed by atoms with Crippen LogP contribution < -0.4 is 13.6 Å². The van der Waals surface area contributed by atoms with E-state index >= 15 is 0 Å². The van der Waals surface area contributed by atoms with Gasteiger partial charge in [0.2, 0.25) is 0 Å². The Morgan fingerprint density at radius 3 is 1.18 bits per heavy atom. The van der Waals surface area contributed by atoms with E-state index in [1.165, 1.54) is 16.7 Å². The Morgan fingerprint density at radius 1 is 0.636 bits per heavy atom. The molecule has 0 aliphatic heterocycles. The van der Waals surface area contributed by atoms with Gasteiger partial charge in [0.05, 0.1) is 0 Å². The molecule has 3 heterocycles. The van der Waals surface area contributed by atoms with Gasteiger partial charge in [-0.3, -0.25) is 0 Å². The molecule has 22 heavy (non-hydrogen) atoms. The second kappa shape index (κ2) is 7.01. The zero-order valence-corrected chi connectivity index (χ0v) is 15.7. The number of thiophene rings is 3. The molecule has 0 radical (unpaired) electrons. The summed E-state index contributed by atoms with van der Waals surface area (Å²) in [7, 11) is -1.52. The summed E-state index contributed by atoms with van der Waals surface area (Å²) in [5.41, 5.74) is 3.52. The molecule has 0 saturated carbocycles. The van der Waals surface area contributed by atoms with Crippen LogP contribution in [0.25, 0.3) is 0 Å². The highest BCUT2D eigenvalue weighted by Crippen LogP contribution is 2.46. The van der Waals surface area contributed by atoms with Crippen LogP contribution in [0.1, 0.15) is 16.7 Å². The van der Waals surface area contributed by atoms with Crippen molar-refractivity contribution in [3.05, 3.63) is 51.0 Å². The van der Waals surface area contributed by atoms with Gasteiger partial charge in [-0.1, -0.05) is 0 Å². The van der Waals surface area contributed by atoms with Crippen molar-refractivity contribution in [2.45, 2.75) is 20.8 Å². The third kappa shape index (κ3) is 4.23. The fraction of sp³-hybridized carbons (Fsp3) is 0.200. The predicted molar refractivity (Wildman–Crippen MR) is 96.0 cm³/mol. The lowest BCUT2D eigenvalue weighted by molar-refractivity contribution is 0.401. The van der Waals surface area contributed by atoms with Crippen LogP contribution >= 0.6 is 42.6 Å². The van der Waals surface area contributed by atoms with Gasteiger partial charge >= 0.3 is 8.60 Å². The van der Waals surface area contributed by atoms with Crippen molar-refractivity contribution in [1.82, 2.24) is 0 Å². The maximum absolute atomic E-state index is 5.91. The minimum absolute atomic E-state index is 0.810. The Balaban J connectivity index is 1.74. The average Bonchev–Trinajstić information content (AvgIpc) is 3.14. The van der Waals surface area contributed by atoms with E-state index < -0.39 is 8.60 Å². The summed E-state index contributed by atoms with van der Waals surface area (Å²) in [6, 6.07) is 5.98. The molecule has 116 valence electrons. The molecule has 3 nitrogen and oxygen atoms in total. The van der Waals surface area contributed by atoms with E-state index in [0.29, 0.717) is 0 Å². The predicted octanol–water partition coefficient (Wildman–Crippen LogP) is 6.56. The van der Waals surface area contributed by atoms with E-state index in [0.717, 1.165) is 15.2 Å². The molecule has 3 rings (SSSR count). The molecule has 0 aromatic carbocycles. The minimum atomic E-state index is -1.52. The van der Waals surface area contributed by atoms with Crippen molar-refractivity contribution in [3.63, 3.8) is 0 Å². The molecule has 0 spiro atoms. The minimum Gasteiger partial charge on any atom is -0.398 e.